The fourth-order valence-corrected chi connectivity index (χ4v) is 2.74. The largest absolute Gasteiger partial charge is 0.481 e. The number of hydrogen-bond acceptors (Lipinski definition) is 2. The third kappa shape index (κ3) is 4.16. The predicted molar refractivity (Wildman–Crippen MR) is 99.9 cm³/mol. The lowest BCUT2D eigenvalue weighted by Gasteiger charge is -2.20. The van der Waals surface area contributed by atoms with Crippen molar-refractivity contribution >= 4 is 11.6 Å². The highest BCUT2D eigenvalue weighted by molar-refractivity contribution is 5.95. The Labute approximate surface area is 145 Å². The first-order valence-electron chi connectivity index (χ1n) is 8.44. The molecule has 0 saturated carbocycles. The van der Waals surface area contributed by atoms with Gasteiger partial charge < -0.3 is 10.1 Å². The van der Waals surface area contributed by atoms with E-state index in [0.29, 0.717) is 5.92 Å². The molecule has 0 aliphatic carbocycles. The molecule has 0 aliphatic rings. The van der Waals surface area contributed by atoms with Crippen LogP contribution < -0.4 is 10.1 Å². The lowest BCUT2D eigenvalue weighted by Crippen LogP contribution is -2.31. The molecule has 0 spiro atoms. The van der Waals surface area contributed by atoms with Crippen molar-refractivity contribution in [2.75, 3.05) is 5.32 Å². The average Bonchev–Trinajstić information content (AvgIpc) is 2.51. The van der Waals surface area contributed by atoms with Crippen LogP contribution in [0.2, 0.25) is 0 Å². The Morgan fingerprint density at radius 1 is 1.00 bits per heavy atom. The molecule has 0 bridgehead atoms. The highest BCUT2D eigenvalue weighted by Crippen LogP contribution is 2.28. The lowest BCUT2D eigenvalue weighted by molar-refractivity contribution is -0.122. The average molecular weight is 325 g/mol. The van der Waals surface area contributed by atoms with Gasteiger partial charge in [-0.15, -0.1) is 0 Å². The third-order valence-corrected chi connectivity index (χ3v) is 4.18. The van der Waals surface area contributed by atoms with Crippen LogP contribution in [0.25, 0.3) is 0 Å². The summed E-state index contributed by atoms with van der Waals surface area (Å²) in [5.41, 5.74) is 5.32. The number of nitrogens with one attached hydrogen (secondary N) is 1. The fourth-order valence-electron chi connectivity index (χ4n) is 2.74. The first-order chi connectivity index (χ1) is 11.3. The molecule has 1 unspecified atom stereocenters. The molecule has 1 amide bonds. The number of ether oxygens (including phenoxy) is 1. The highest BCUT2D eigenvalue weighted by atomic mass is 16.5. The Morgan fingerprint density at radius 2 is 1.71 bits per heavy atom. The van der Waals surface area contributed by atoms with Gasteiger partial charge in [0.2, 0.25) is 0 Å². The van der Waals surface area contributed by atoms with Crippen LogP contribution in [0.4, 0.5) is 5.69 Å². The smallest absolute Gasteiger partial charge is 0.265 e. The number of carbonyl (C=O) groups is 1. The third-order valence-electron chi connectivity index (χ3n) is 4.18. The summed E-state index contributed by atoms with van der Waals surface area (Å²) in [7, 11) is 0. The van der Waals surface area contributed by atoms with E-state index in [-0.39, 0.29) is 5.91 Å². The van der Waals surface area contributed by atoms with E-state index in [1.807, 2.05) is 45.0 Å². The first-order valence-corrected chi connectivity index (χ1v) is 8.44. The molecule has 1 N–H and O–H groups in total. The van der Waals surface area contributed by atoms with Gasteiger partial charge in [-0.25, -0.2) is 0 Å². The summed E-state index contributed by atoms with van der Waals surface area (Å²) >= 11 is 0. The molecule has 1 atom stereocenters. The zero-order chi connectivity index (χ0) is 17.9. The molecule has 0 radical (unpaired) electrons. The van der Waals surface area contributed by atoms with Gasteiger partial charge in [0.15, 0.2) is 6.10 Å². The maximum absolute atomic E-state index is 12.6. The molecule has 0 fully saturated rings. The number of amides is 1. The second-order valence-electron chi connectivity index (χ2n) is 6.71. The Balaban J connectivity index is 2.15. The van der Waals surface area contributed by atoms with E-state index in [9.17, 15) is 4.79 Å². The molecule has 2 rings (SSSR count). The molecule has 3 heteroatoms. The van der Waals surface area contributed by atoms with Crippen LogP contribution >= 0.6 is 0 Å². The Morgan fingerprint density at radius 3 is 2.33 bits per heavy atom. The van der Waals surface area contributed by atoms with Crippen molar-refractivity contribution in [3.63, 3.8) is 0 Å². The van der Waals surface area contributed by atoms with E-state index < -0.39 is 6.10 Å². The quantitative estimate of drug-likeness (QED) is 0.826. The fraction of sp³-hybridized carbons (Fsp3) is 0.381. The van der Waals surface area contributed by atoms with Crippen molar-refractivity contribution in [3.8, 4) is 5.75 Å². The number of para-hydroxylation sites is 1. The van der Waals surface area contributed by atoms with Gasteiger partial charge in [-0.3, -0.25) is 4.79 Å². The van der Waals surface area contributed by atoms with Crippen LogP contribution in [-0.2, 0) is 4.79 Å². The number of anilines is 1. The Kier molecular flexibility index (Phi) is 5.66. The van der Waals surface area contributed by atoms with Gasteiger partial charge in [-0.1, -0.05) is 49.7 Å². The Hall–Kier alpha value is -2.29. The Bertz CT molecular complexity index is 735. The van der Waals surface area contributed by atoms with Crippen molar-refractivity contribution in [3.05, 3.63) is 58.7 Å². The van der Waals surface area contributed by atoms with Crippen LogP contribution in [0.1, 0.15) is 48.9 Å². The van der Waals surface area contributed by atoms with Gasteiger partial charge in [0.25, 0.3) is 5.91 Å². The van der Waals surface area contributed by atoms with Gasteiger partial charge in [-0.2, -0.15) is 0 Å². The summed E-state index contributed by atoms with van der Waals surface area (Å²) < 4.78 is 5.86. The van der Waals surface area contributed by atoms with Crippen molar-refractivity contribution in [2.45, 2.75) is 53.6 Å². The van der Waals surface area contributed by atoms with Crippen molar-refractivity contribution in [2.24, 2.45) is 0 Å². The predicted octanol–water partition coefficient (Wildman–Crippen LogP) is 5.14. The molecule has 0 saturated heterocycles. The summed E-state index contributed by atoms with van der Waals surface area (Å²) in [6, 6.07) is 12.1. The van der Waals surface area contributed by atoms with Gasteiger partial charge in [0.1, 0.15) is 5.75 Å². The normalized spacial score (nSPS) is 12.1. The summed E-state index contributed by atoms with van der Waals surface area (Å²) in [6.07, 6.45) is -0.564. The molecular formula is C21H27NO2. The standard InChI is InChI=1S/C21H27NO2/c1-13(2)18-9-7-8-15(4)20(18)22-21(23)17(6)24-19-11-10-14(3)12-16(19)5/h7-13,17H,1-6H3,(H,22,23). The van der Waals surface area contributed by atoms with Crippen molar-refractivity contribution in [1.29, 1.82) is 0 Å². The van der Waals surface area contributed by atoms with E-state index in [2.05, 4.69) is 31.3 Å². The molecule has 0 aliphatic heterocycles. The first kappa shape index (κ1) is 18.1. The lowest BCUT2D eigenvalue weighted by atomic mass is 9.98. The van der Waals surface area contributed by atoms with Crippen LogP contribution in [0.15, 0.2) is 36.4 Å². The molecular weight excluding hydrogens is 298 g/mol. The highest BCUT2D eigenvalue weighted by Gasteiger charge is 2.19. The summed E-state index contributed by atoms with van der Waals surface area (Å²) in [6.45, 7) is 12.1. The SMILES string of the molecule is Cc1ccc(OC(C)C(=O)Nc2c(C)cccc2C(C)C)c(C)c1. The van der Waals surface area contributed by atoms with E-state index in [4.69, 9.17) is 4.74 Å². The summed E-state index contributed by atoms with van der Waals surface area (Å²) in [5.74, 6) is 0.957. The summed E-state index contributed by atoms with van der Waals surface area (Å²) in [4.78, 5) is 12.6. The molecule has 3 nitrogen and oxygen atoms in total. The zero-order valence-corrected chi connectivity index (χ0v) is 15.4. The van der Waals surface area contributed by atoms with E-state index >= 15 is 0 Å². The molecule has 128 valence electrons. The van der Waals surface area contributed by atoms with Gasteiger partial charge >= 0.3 is 0 Å². The number of hydrogen-bond donors (Lipinski definition) is 1. The van der Waals surface area contributed by atoms with E-state index in [0.717, 1.165) is 28.1 Å². The number of aryl methyl sites for hydroxylation is 3. The monoisotopic (exact) mass is 325 g/mol. The zero-order valence-electron chi connectivity index (χ0n) is 15.4. The van der Waals surface area contributed by atoms with Gasteiger partial charge in [0.05, 0.1) is 0 Å². The minimum absolute atomic E-state index is 0.133. The minimum Gasteiger partial charge on any atom is -0.481 e. The molecule has 24 heavy (non-hydrogen) atoms. The van der Waals surface area contributed by atoms with Gasteiger partial charge in [-0.05, 0) is 56.4 Å². The number of benzene rings is 2. The van der Waals surface area contributed by atoms with Crippen molar-refractivity contribution < 1.29 is 9.53 Å². The molecule has 2 aromatic rings. The van der Waals surface area contributed by atoms with Crippen molar-refractivity contribution in [1.82, 2.24) is 0 Å². The maximum Gasteiger partial charge on any atom is 0.265 e. The summed E-state index contributed by atoms with van der Waals surface area (Å²) in [5, 5.41) is 3.05. The molecule has 0 aromatic heterocycles. The topological polar surface area (TPSA) is 38.3 Å². The molecule has 0 heterocycles. The van der Waals surface area contributed by atoms with E-state index in [1.54, 1.807) is 6.92 Å². The van der Waals surface area contributed by atoms with Crippen LogP contribution in [0.5, 0.6) is 5.75 Å². The van der Waals surface area contributed by atoms with Gasteiger partial charge in [0, 0.05) is 5.69 Å². The second-order valence-corrected chi connectivity index (χ2v) is 6.71. The number of carbonyl (C=O) groups excluding carboxylic acids is 1. The van der Waals surface area contributed by atoms with Crippen LogP contribution in [0.3, 0.4) is 0 Å². The second kappa shape index (κ2) is 7.52. The van der Waals surface area contributed by atoms with Crippen LogP contribution in [0, 0.1) is 20.8 Å². The van der Waals surface area contributed by atoms with E-state index in [1.165, 1.54) is 5.56 Å². The number of rotatable bonds is 5. The van der Waals surface area contributed by atoms with Crippen LogP contribution in [-0.4, -0.2) is 12.0 Å². The minimum atomic E-state index is -0.564. The maximum atomic E-state index is 12.6. The molecule has 2 aromatic carbocycles.